The fourth-order valence-electron chi connectivity index (χ4n) is 2.96. The lowest BCUT2D eigenvalue weighted by Crippen LogP contribution is -2.23. The van der Waals surface area contributed by atoms with Gasteiger partial charge in [0.1, 0.15) is 10.6 Å². The third-order valence-electron chi connectivity index (χ3n) is 4.38. The molecule has 5 aromatic rings. The van der Waals surface area contributed by atoms with Gasteiger partial charge in [0, 0.05) is 17.3 Å². The molecule has 0 aliphatic heterocycles. The molecule has 0 aliphatic carbocycles. The molecular formula is C19H14N4O4S3. The van der Waals surface area contributed by atoms with E-state index in [4.69, 9.17) is 4.42 Å². The number of thiophene rings is 1. The number of imidazole rings is 1. The smallest absolute Gasteiger partial charge is 0.265 e. The molecule has 11 heteroatoms. The molecule has 4 heterocycles. The third kappa shape index (κ3) is 3.52. The molecule has 0 spiro atoms. The maximum absolute atomic E-state index is 12.7. The summed E-state index contributed by atoms with van der Waals surface area (Å²) in [4.78, 5) is 19.4. The second kappa shape index (κ2) is 7.36. The van der Waals surface area contributed by atoms with E-state index in [2.05, 4.69) is 15.0 Å². The van der Waals surface area contributed by atoms with Gasteiger partial charge in [0.05, 0.1) is 28.1 Å². The normalized spacial score (nSPS) is 12.0. The topological polar surface area (TPSA) is 106 Å². The number of fused-ring (bicyclic) bond motifs is 3. The summed E-state index contributed by atoms with van der Waals surface area (Å²) in [5.74, 6) is 0.186. The Morgan fingerprint density at radius 1 is 1.20 bits per heavy atom. The second-order valence-corrected chi connectivity index (χ2v) is 10.0. The molecule has 0 fully saturated rings. The minimum Gasteiger partial charge on any atom is -0.468 e. The van der Waals surface area contributed by atoms with Gasteiger partial charge < -0.3 is 9.73 Å². The number of anilines is 1. The minimum absolute atomic E-state index is 0.0401. The molecule has 0 saturated heterocycles. The number of carbonyl (C=O) groups is 1. The fraction of sp³-hybridized carbons (Fsp3) is 0.0526. The Bertz CT molecular complexity index is 1460. The van der Waals surface area contributed by atoms with Gasteiger partial charge in [0.15, 0.2) is 4.96 Å². The van der Waals surface area contributed by atoms with Gasteiger partial charge in [0.2, 0.25) is 10.0 Å². The molecular weight excluding hydrogens is 444 g/mol. The first kappa shape index (κ1) is 19.0. The monoisotopic (exact) mass is 458 g/mol. The molecule has 0 bridgehead atoms. The first-order valence-electron chi connectivity index (χ1n) is 8.78. The van der Waals surface area contributed by atoms with E-state index >= 15 is 0 Å². The van der Waals surface area contributed by atoms with Crippen LogP contribution in [0.4, 0.5) is 5.69 Å². The molecule has 30 heavy (non-hydrogen) atoms. The Morgan fingerprint density at radius 3 is 2.93 bits per heavy atom. The predicted octanol–water partition coefficient (Wildman–Crippen LogP) is 3.93. The lowest BCUT2D eigenvalue weighted by molar-refractivity contribution is 0.103. The summed E-state index contributed by atoms with van der Waals surface area (Å²) in [7, 11) is -3.76. The van der Waals surface area contributed by atoms with Gasteiger partial charge in [-0.3, -0.25) is 9.20 Å². The number of rotatable bonds is 6. The van der Waals surface area contributed by atoms with E-state index in [1.165, 1.54) is 41.1 Å². The third-order valence-corrected chi connectivity index (χ3v) is 7.55. The van der Waals surface area contributed by atoms with Crippen molar-refractivity contribution in [2.45, 2.75) is 11.4 Å². The summed E-state index contributed by atoms with van der Waals surface area (Å²) in [6, 6.07) is 11.3. The Hall–Kier alpha value is -2.99. The average Bonchev–Trinajstić information content (AvgIpc) is 3.49. The number of nitrogens with one attached hydrogen (secondary N) is 2. The highest BCUT2D eigenvalue weighted by Crippen LogP contribution is 2.29. The van der Waals surface area contributed by atoms with Crippen LogP contribution in [0.15, 0.2) is 69.6 Å². The van der Waals surface area contributed by atoms with Crippen molar-refractivity contribution >= 4 is 59.6 Å². The van der Waals surface area contributed by atoms with Crippen LogP contribution < -0.4 is 10.0 Å². The number of aromatic nitrogens is 2. The first-order valence-corrected chi connectivity index (χ1v) is 12.0. The highest BCUT2D eigenvalue weighted by Gasteiger charge is 2.18. The maximum atomic E-state index is 12.7. The Labute approximate surface area is 178 Å². The van der Waals surface area contributed by atoms with E-state index in [1.807, 2.05) is 16.0 Å². The molecule has 0 radical (unpaired) electrons. The molecule has 0 saturated carbocycles. The van der Waals surface area contributed by atoms with Crippen LogP contribution in [0.25, 0.3) is 15.3 Å². The van der Waals surface area contributed by atoms with Crippen molar-refractivity contribution in [2.75, 3.05) is 5.32 Å². The van der Waals surface area contributed by atoms with Gasteiger partial charge in [-0.1, -0.05) is 6.07 Å². The number of hydrogen-bond acceptors (Lipinski definition) is 7. The minimum atomic E-state index is -3.76. The van der Waals surface area contributed by atoms with Crippen molar-refractivity contribution in [1.29, 1.82) is 0 Å². The summed E-state index contributed by atoms with van der Waals surface area (Å²) in [6.45, 7) is 0.0401. The van der Waals surface area contributed by atoms with Crippen LogP contribution >= 0.6 is 22.7 Å². The SMILES string of the molecule is O=C(Nc1cccc(S(=O)(=O)NCc2ccco2)c1)c1cc2c(nc3sccn32)s1. The number of benzene rings is 1. The van der Waals surface area contributed by atoms with Gasteiger partial charge in [-0.15, -0.1) is 22.7 Å². The van der Waals surface area contributed by atoms with E-state index < -0.39 is 10.0 Å². The van der Waals surface area contributed by atoms with Crippen molar-refractivity contribution in [3.8, 4) is 0 Å². The number of hydrogen-bond donors (Lipinski definition) is 2. The van der Waals surface area contributed by atoms with E-state index in [0.29, 0.717) is 16.3 Å². The number of thiazole rings is 1. The second-order valence-electron chi connectivity index (χ2n) is 6.35. The van der Waals surface area contributed by atoms with Crippen LogP contribution in [0.2, 0.25) is 0 Å². The van der Waals surface area contributed by atoms with Crippen molar-refractivity contribution in [3.05, 3.63) is 70.9 Å². The summed E-state index contributed by atoms with van der Waals surface area (Å²) in [6.07, 6.45) is 3.39. The fourth-order valence-corrected chi connectivity index (χ4v) is 5.69. The Balaban J connectivity index is 1.34. The molecule has 2 N–H and O–H groups in total. The van der Waals surface area contributed by atoms with Gasteiger partial charge in [0.25, 0.3) is 5.91 Å². The molecule has 152 valence electrons. The molecule has 1 amide bonds. The maximum Gasteiger partial charge on any atom is 0.265 e. The highest BCUT2D eigenvalue weighted by atomic mass is 32.2. The quantitative estimate of drug-likeness (QED) is 0.401. The molecule has 0 unspecified atom stereocenters. The van der Waals surface area contributed by atoms with Crippen LogP contribution in [-0.4, -0.2) is 23.7 Å². The number of nitrogens with zero attached hydrogens (tertiary/aromatic N) is 2. The lowest BCUT2D eigenvalue weighted by Gasteiger charge is -2.08. The zero-order valence-electron chi connectivity index (χ0n) is 15.2. The first-order chi connectivity index (χ1) is 14.5. The molecule has 0 aliphatic rings. The summed E-state index contributed by atoms with van der Waals surface area (Å²) in [5.41, 5.74) is 1.26. The highest BCUT2D eigenvalue weighted by molar-refractivity contribution is 7.89. The van der Waals surface area contributed by atoms with E-state index in [-0.39, 0.29) is 17.3 Å². The lowest BCUT2D eigenvalue weighted by atomic mass is 10.3. The molecule has 0 atom stereocenters. The van der Waals surface area contributed by atoms with Gasteiger partial charge >= 0.3 is 0 Å². The van der Waals surface area contributed by atoms with Crippen LogP contribution in [0, 0.1) is 0 Å². The Kier molecular flexibility index (Phi) is 4.66. The predicted molar refractivity (Wildman–Crippen MR) is 116 cm³/mol. The van der Waals surface area contributed by atoms with Crippen molar-refractivity contribution < 1.29 is 17.6 Å². The van der Waals surface area contributed by atoms with Gasteiger partial charge in [-0.25, -0.2) is 18.1 Å². The number of carbonyl (C=O) groups excluding carboxylic acids is 1. The molecule has 8 nitrogen and oxygen atoms in total. The van der Waals surface area contributed by atoms with Gasteiger partial charge in [-0.2, -0.15) is 0 Å². The zero-order valence-corrected chi connectivity index (χ0v) is 17.7. The van der Waals surface area contributed by atoms with Crippen molar-refractivity contribution in [2.24, 2.45) is 0 Å². The summed E-state index contributed by atoms with van der Waals surface area (Å²) in [5, 5.41) is 4.69. The van der Waals surface area contributed by atoms with Crippen LogP contribution in [0.5, 0.6) is 0 Å². The van der Waals surface area contributed by atoms with Crippen molar-refractivity contribution in [1.82, 2.24) is 14.1 Å². The van der Waals surface area contributed by atoms with E-state index in [1.54, 1.807) is 30.3 Å². The summed E-state index contributed by atoms with van der Waals surface area (Å²) < 4.78 is 34.6. The number of furan rings is 1. The standard InChI is InChI=1S/C19H14N4O4S3/c24-17(16-10-15-18(29-16)22-19-23(15)6-8-28-19)21-12-3-1-5-14(9-12)30(25,26)20-11-13-4-2-7-27-13/h1-10,20H,11H2,(H,21,24). The average molecular weight is 459 g/mol. The molecule has 4 aromatic heterocycles. The van der Waals surface area contributed by atoms with Crippen LogP contribution in [0.3, 0.4) is 0 Å². The van der Waals surface area contributed by atoms with Crippen molar-refractivity contribution in [3.63, 3.8) is 0 Å². The van der Waals surface area contributed by atoms with Crippen LogP contribution in [-0.2, 0) is 16.6 Å². The molecule has 1 aromatic carbocycles. The van der Waals surface area contributed by atoms with Crippen LogP contribution in [0.1, 0.15) is 15.4 Å². The molecule has 5 rings (SSSR count). The van der Waals surface area contributed by atoms with E-state index in [9.17, 15) is 13.2 Å². The Morgan fingerprint density at radius 2 is 2.10 bits per heavy atom. The number of amides is 1. The zero-order chi connectivity index (χ0) is 20.7. The van der Waals surface area contributed by atoms with E-state index in [0.717, 1.165) is 15.3 Å². The summed E-state index contributed by atoms with van der Waals surface area (Å²) >= 11 is 2.82. The van der Waals surface area contributed by atoms with Gasteiger partial charge in [-0.05, 0) is 36.4 Å². The largest absolute Gasteiger partial charge is 0.468 e. The number of sulfonamides is 1.